The lowest BCUT2D eigenvalue weighted by atomic mass is 9.72. The van der Waals surface area contributed by atoms with E-state index in [1.54, 1.807) is 6.20 Å². The smallest absolute Gasteiger partial charge is 0.360 e. The number of anilines is 2. The van der Waals surface area contributed by atoms with Gasteiger partial charge in [-0.3, -0.25) is 9.88 Å². The van der Waals surface area contributed by atoms with Crippen LogP contribution in [-0.4, -0.2) is 58.4 Å². The van der Waals surface area contributed by atoms with Crippen LogP contribution in [0.3, 0.4) is 0 Å². The van der Waals surface area contributed by atoms with Crippen LogP contribution >= 0.6 is 24.4 Å². The van der Waals surface area contributed by atoms with E-state index in [0.717, 1.165) is 74.7 Å². The van der Waals surface area contributed by atoms with Crippen molar-refractivity contribution in [2.24, 2.45) is 17.8 Å². The Hall–Kier alpha value is -4.47. The summed E-state index contributed by atoms with van der Waals surface area (Å²) in [6, 6.07) is 11.9. The zero-order valence-electron chi connectivity index (χ0n) is 35.0. The lowest BCUT2D eigenvalue weighted by molar-refractivity contribution is -0.144. The van der Waals surface area contributed by atoms with E-state index in [2.05, 4.69) is 43.4 Å². The third-order valence-corrected chi connectivity index (χ3v) is 12.7. The van der Waals surface area contributed by atoms with E-state index >= 15 is 0 Å². The predicted octanol–water partition coefficient (Wildman–Crippen LogP) is 11.8. The highest BCUT2D eigenvalue weighted by molar-refractivity contribution is 7.80. The normalized spacial score (nSPS) is 21.4. The van der Waals surface area contributed by atoms with Crippen molar-refractivity contribution in [3.8, 4) is 0 Å². The summed E-state index contributed by atoms with van der Waals surface area (Å²) in [6.07, 6.45) is -13.0. The second-order valence-electron chi connectivity index (χ2n) is 16.6. The Bertz CT molecular complexity index is 2220. The predicted molar refractivity (Wildman–Crippen MR) is 233 cm³/mol. The molecule has 4 aliphatic rings. The molecule has 1 aromatic heterocycles. The molecule has 7 nitrogen and oxygen atoms in total. The maximum atomic E-state index is 13.4. The number of hydrogen-bond acceptors (Lipinski definition) is 5. The van der Waals surface area contributed by atoms with Crippen LogP contribution in [0.2, 0.25) is 0 Å². The lowest BCUT2D eigenvalue weighted by Crippen LogP contribution is -2.58. The Kier molecular flexibility index (Phi) is 15.5. The summed E-state index contributed by atoms with van der Waals surface area (Å²) >= 11 is 10.5. The maximum absolute atomic E-state index is 13.4. The van der Waals surface area contributed by atoms with Gasteiger partial charge < -0.3 is 26.6 Å². The van der Waals surface area contributed by atoms with E-state index in [-0.39, 0.29) is 51.9 Å². The molecule has 65 heavy (non-hydrogen) atoms. The van der Waals surface area contributed by atoms with Crippen LogP contribution in [0.1, 0.15) is 79.8 Å². The molecule has 21 heteroatoms. The molecule has 0 spiro atoms. The minimum absolute atomic E-state index is 0.0107. The van der Waals surface area contributed by atoms with Crippen molar-refractivity contribution in [1.82, 2.24) is 25.8 Å². The molecule has 0 saturated carbocycles. The number of fused-ring (bicyclic) bond motifs is 4. The SMILES string of the molecule is CC(NC(=S)Nc1cc(C(F)(F)F)cc(C(F)(F)F)c1)C1CCNCC1.CCC1CN2CCC1CC2C(NC(=S)Nc1cc(C(F)(F)F)cc(C(F)(F)F)c1)c1ccnc2ccccc12. The van der Waals surface area contributed by atoms with Crippen molar-refractivity contribution >= 4 is 56.9 Å². The molecule has 5 heterocycles. The zero-order valence-corrected chi connectivity index (χ0v) is 36.6. The Labute approximate surface area is 378 Å². The molecule has 4 aliphatic heterocycles. The van der Waals surface area contributed by atoms with Crippen LogP contribution in [0.15, 0.2) is 72.9 Å². The van der Waals surface area contributed by atoms with Crippen LogP contribution in [-0.2, 0) is 24.7 Å². The number of rotatable bonds is 8. The van der Waals surface area contributed by atoms with E-state index in [0.29, 0.717) is 42.0 Å². The minimum atomic E-state index is -4.95. The minimum Gasteiger partial charge on any atom is -0.360 e. The van der Waals surface area contributed by atoms with E-state index in [1.165, 1.54) is 0 Å². The molecule has 8 rings (SSSR count). The number of piperidine rings is 4. The first-order chi connectivity index (χ1) is 30.4. The number of benzene rings is 3. The number of nitrogens with one attached hydrogen (secondary N) is 5. The number of aromatic nitrogens is 1. The van der Waals surface area contributed by atoms with Gasteiger partial charge in [-0.25, -0.2) is 0 Å². The fourth-order valence-electron chi connectivity index (χ4n) is 8.96. The molecular weight excluding hydrogens is 919 g/mol. The Morgan fingerprint density at radius 2 is 1.23 bits per heavy atom. The highest BCUT2D eigenvalue weighted by Crippen LogP contribution is 2.44. The van der Waals surface area contributed by atoms with Crippen LogP contribution < -0.4 is 26.6 Å². The summed E-state index contributed by atoms with van der Waals surface area (Å²) in [7, 11) is 0. The zero-order chi connectivity index (χ0) is 47.5. The van der Waals surface area contributed by atoms with Crippen molar-refractivity contribution in [1.29, 1.82) is 0 Å². The standard InChI is InChI=1S/C28H28F6N4S.C16H19F6N3S/c1-2-16-15-38-10-8-17(16)11-24(38)25(22-7-9-35-23-6-4-3-5-21(22)23)37-26(39)36-20-13-18(27(29,30)31)12-19(14-20)28(32,33)34;1-9(10-2-4-23-5-3-10)24-14(26)25-13-7-11(15(17,18)19)6-12(8-13)16(20,21)22/h3-7,9,12-14,16-17,24-25H,2,8,10-11,15H2,1H3,(H2,36,37,39);6-10,23H,2-5H2,1H3,(H2,24,25,26). The van der Waals surface area contributed by atoms with Crippen LogP contribution in [0.4, 0.5) is 64.1 Å². The van der Waals surface area contributed by atoms with Crippen molar-refractivity contribution < 1.29 is 52.7 Å². The highest BCUT2D eigenvalue weighted by atomic mass is 32.1. The van der Waals surface area contributed by atoms with Crippen molar-refractivity contribution in [2.45, 2.75) is 88.8 Å². The van der Waals surface area contributed by atoms with Crippen LogP contribution in [0.25, 0.3) is 10.9 Å². The average molecular weight is 966 g/mol. The number of thiocarbonyl (C=S) groups is 2. The summed E-state index contributed by atoms with van der Waals surface area (Å²) in [6.45, 7) is 7.67. The topological polar surface area (TPSA) is 76.3 Å². The Morgan fingerprint density at radius 1 is 0.723 bits per heavy atom. The van der Waals surface area contributed by atoms with Gasteiger partial charge in [0.1, 0.15) is 0 Å². The summed E-state index contributed by atoms with van der Waals surface area (Å²) in [4.78, 5) is 6.88. The molecule has 5 N–H and O–H groups in total. The molecule has 0 amide bonds. The van der Waals surface area contributed by atoms with Gasteiger partial charge in [-0.05, 0) is 149 Å². The summed E-state index contributed by atoms with van der Waals surface area (Å²) in [5.41, 5.74) is -4.60. The quantitative estimate of drug-likeness (QED) is 0.0877. The van der Waals surface area contributed by atoms with Crippen LogP contribution in [0.5, 0.6) is 0 Å². The van der Waals surface area contributed by atoms with Gasteiger partial charge in [0.25, 0.3) is 0 Å². The molecule has 6 atom stereocenters. The van der Waals surface area contributed by atoms with Gasteiger partial charge in [0.2, 0.25) is 0 Å². The Balaban J connectivity index is 0.000000235. The van der Waals surface area contributed by atoms with Gasteiger partial charge in [-0.15, -0.1) is 0 Å². The second kappa shape index (κ2) is 20.2. The van der Waals surface area contributed by atoms with E-state index in [9.17, 15) is 52.7 Å². The monoisotopic (exact) mass is 965 g/mol. The van der Waals surface area contributed by atoms with E-state index in [1.807, 2.05) is 37.3 Å². The number of halogens is 12. The van der Waals surface area contributed by atoms with E-state index in [4.69, 9.17) is 24.4 Å². The summed E-state index contributed by atoms with van der Waals surface area (Å²) in [5, 5.41) is 15.3. The Morgan fingerprint density at radius 3 is 1.71 bits per heavy atom. The van der Waals surface area contributed by atoms with Gasteiger partial charge in [0, 0.05) is 41.6 Å². The first kappa shape index (κ1) is 50.0. The van der Waals surface area contributed by atoms with Gasteiger partial charge in [-0.2, -0.15) is 52.7 Å². The third kappa shape index (κ3) is 12.9. The lowest BCUT2D eigenvalue weighted by Gasteiger charge is -2.52. The molecule has 0 radical (unpaired) electrons. The molecule has 3 aromatic carbocycles. The average Bonchev–Trinajstić information content (AvgIpc) is 3.24. The van der Waals surface area contributed by atoms with Crippen molar-refractivity contribution in [3.05, 3.63) is 101 Å². The molecular formula is C44H47F12N7S2. The van der Waals surface area contributed by atoms with Gasteiger partial charge in [0.05, 0.1) is 33.8 Å². The largest absolute Gasteiger partial charge is 0.416 e. The van der Waals surface area contributed by atoms with Crippen LogP contribution in [0, 0.1) is 17.8 Å². The number of nitrogens with zero attached hydrogens (tertiary/aromatic N) is 2. The molecule has 0 aliphatic carbocycles. The molecule has 2 bridgehead atoms. The molecule has 4 saturated heterocycles. The number of para-hydroxylation sites is 1. The molecule has 6 unspecified atom stereocenters. The first-order valence-electron chi connectivity index (χ1n) is 20.9. The first-order valence-corrected chi connectivity index (χ1v) is 21.7. The summed E-state index contributed by atoms with van der Waals surface area (Å²) in [5.74, 6) is 1.46. The van der Waals surface area contributed by atoms with E-state index < -0.39 is 47.0 Å². The molecule has 4 fully saturated rings. The number of pyridine rings is 1. The fraction of sp³-hybridized carbons (Fsp3) is 0.477. The van der Waals surface area contributed by atoms with Gasteiger partial charge in [0.15, 0.2) is 10.2 Å². The van der Waals surface area contributed by atoms with Crippen molar-refractivity contribution in [2.75, 3.05) is 36.8 Å². The summed E-state index contributed by atoms with van der Waals surface area (Å²) < 4.78 is 158. The second-order valence-corrected chi connectivity index (χ2v) is 17.4. The molecule has 4 aromatic rings. The van der Waals surface area contributed by atoms with Gasteiger partial charge in [-0.1, -0.05) is 31.5 Å². The van der Waals surface area contributed by atoms with Crippen molar-refractivity contribution in [3.63, 3.8) is 0 Å². The fourth-order valence-corrected chi connectivity index (χ4v) is 9.51. The number of hydrogen-bond donors (Lipinski definition) is 5. The van der Waals surface area contributed by atoms with Gasteiger partial charge >= 0.3 is 24.7 Å². The maximum Gasteiger partial charge on any atom is 0.416 e. The third-order valence-electron chi connectivity index (χ3n) is 12.3. The highest BCUT2D eigenvalue weighted by Gasteiger charge is 2.44. The number of alkyl halides is 12. The molecule has 354 valence electrons.